The number of nitrogens with one attached hydrogen (secondary N) is 2. The normalized spacial score (nSPS) is 28.6. The number of anilines is 1. The number of benzene rings is 1. The molecule has 4 bridgehead atoms. The number of methoxy groups -OCH3 is 1. The van der Waals surface area contributed by atoms with Crippen molar-refractivity contribution in [2.75, 3.05) is 38.4 Å². The van der Waals surface area contributed by atoms with Crippen LogP contribution in [0.2, 0.25) is 5.02 Å². The number of ether oxygens (including phenoxy) is 4. The molecule has 1 aromatic carbocycles. The molecule has 15 nitrogen and oxygen atoms in total. The van der Waals surface area contributed by atoms with E-state index in [1.807, 2.05) is 33.8 Å². The van der Waals surface area contributed by atoms with Gasteiger partial charge in [0.15, 0.2) is 5.72 Å². The zero-order valence-electron chi connectivity index (χ0n) is 37.6. The van der Waals surface area contributed by atoms with Crippen molar-refractivity contribution < 1.29 is 53.1 Å². The van der Waals surface area contributed by atoms with Crippen molar-refractivity contribution >= 4 is 68.7 Å². The number of likely N-dealkylation sites (N-methyl/N-ethyl adjacent to an activating group) is 1. The minimum atomic E-state index is -1.85. The molecule has 0 radical (unpaired) electrons. The number of fused-ring (bicyclic) bond motifs is 5. The van der Waals surface area contributed by atoms with Gasteiger partial charge in [-0.15, -0.1) is 0 Å². The van der Waals surface area contributed by atoms with Gasteiger partial charge >= 0.3 is 12.1 Å². The number of hydrogen-bond donors (Lipinski definition) is 4. The first kappa shape index (κ1) is 51.3. The van der Waals surface area contributed by atoms with E-state index in [4.69, 9.17) is 30.5 Å². The number of alkyl carbamates (subject to hydrolysis) is 1. The number of amides is 4. The standard InChI is InChI=1S/C44H65ClN4O11S2/c1-11-46-35(51)16-13-19-61-62-42(5,6)18-17-36(52)48(8)28(4)40(54)59-34-23-37(53)49(9)31-22-29(21-30(25-50)38(31)45)20-26(2)14-12-15-33(57-10)44(56)24-32(58-41(55)47-44)27(3)39-43(34,7)60-39/h12,14-15,21-22,27-28,32-34,39,50,56H,11,13,16-20,23-25H2,1-10H3,(H,46,51)(H,47,55)/b15-12+,26-14+/t27-,28+,32+,33-,34+,39+,43-,44+/m1/s1. The second-order valence-corrected chi connectivity index (χ2v) is 20.7. The second kappa shape index (κ2) is 22.0. The van der Waals surface area contributed by atoms with E-state index in [2.05, 4.69) is 10.6 Å². The molecule has 3 aliphatic heterocycles. The summed E-state index contributed by atoms with van der Waals surface area (Å²) in [5.41, 5.74) is -0.681. The van der Waals surface area contributed by atoms with Crippen LogP contribution < -0.4 is 15.5 Å². The van der Waals surface area contributed by atoms with Gasteiger partial charge in [0.2, 0.25) is 17.7 Å². The molecule has 3 heterocycles. The molecule has 8 atom stereocenters. The zero-order chi connectivity index (χ0) is 46.2. The minimum absolute atomic E-state index is 0.0342. The van der Waals surface area contributed by atoms with Gasteiger partial charge in [-0.1, -0.05) is 70.0 Å². The Morgan fingerprint density at radius 2 is 1.94 bits per heavy atom. The molecule has 0 aromatic heterocycles. The van der Waals surface area contributed by atoms with Crippen LogP contribution in [-0.4, -0.2) is 125 Å². The smallest absolute Gasteiger partial charge is 0.409 e. The average Bonchev–Trinajstić information content (AvgIpc) is 3.91. The van der Waals surface area contributed by atoms with Gasteiger partial charge in [-0.2, -0.15) is 0 Å². The predicted octanol–water partition coefficient (Wildman–Crippen LogP) is 5.85. The maximum absolute atomic E-state index is 14.3. The van der Waals surface area contributed by atoms with Crippen molar-refractivity contribution in [2.24, 2.45) is 5.92 Å². The molecule has 0 aliphatic carbocycles. The third-order valence-electron chi connectivity index (χ3n) is 11.8. The lowest BCUT2D eigenvalue weighted by Crippen LogP contribution is -2.63. The Kier molecular flexibility index (Phi) is 18.2. The lowest BCUT2D eigenvalue weighted by atomic mass is 9.83. The van der Waals surface area contributed by atoms with E-state index in [9.17, 15) is 34.2 Å². The summed E-state index contributed by atoms with van der Waals surface area (Å²) in [5, 5.41) is 27.5. The number of allylic oxidation sites excluding steroid dienone is 3. The molecule has 346 valence electrons. The molecule has 18 heteroatoms. The van der Waals surface area contributed by atoms with Crippen molar-refractivity contribution in [3.63, 3.8) is 0 Å². The fourth-order valence-corrected chi connectivity index (χ4v) is 10.6. The van der Waals surface area contributed by atoms with Crippen LogP contribution in [0.15, 0.2) is 35.9 Å². The molecular formula is C44H65ClN4O11S2. The Morgan fingerprint density at radius 3 is 2.60 bits per heavy atom. The van der Waals surface area contributed by atoms with Crippen molar-refractivity contribution in [3.8, 4) is 0 Å². The molecule has 4 amide bonds. The highest BCUT2D eigenvalue weighted by atomic mass is 35.5. The molecule has 3 aliphatic rings. The van der Waals surface area contributed by atoms with Crippen molar-refractivity contribution in [2.45, 2.75) is 147 Å². The van der Waals surface area contributed by atoms with Crippen LogP contribution in [0.25, 0.3) is 0 Å². The van der Waals surface area contributed by atoms with E-state index >= 15 is 0 Å². The van der Waals surface area contributed by atoms with Crippen molar-refractivity contribution in [1.82, 2.24) is 15.5 Å². The molecule has 4 N–H and O–H groups in total. The van der Waals surface area contributed by atoms with E-state index in [1.165, 1.54) is 24.0 Å². The summed E-state index contributed by atoms with van der Waals surface area (Å²) in [4.78, 5) is 69.2. The first-order chi connectivity index (χ1) is 29.1. The van der Waals surface area contributed by atoms with E-state index < -0.39 is 65.7 Å². The van der Waals surface area contributed by atoms with Gasteiger partial charge in [-0.3, -0.25) is 19.7 Å². The summed E-state index contributed by atoms with van der Waals surface area (Å²) in [6, 6.07) is 2.50. The summed E-state index contributed by atoms with van der Waals surface area (Å²) < 4.78 is 23.5. The van der Waals surface area contributed by atoms with Crippen molar-refractivity contribution in [1.29, 1.82) is 0 Å². The highest BCUT2D eigenvalue weighted by molar-refractivity contribution is 8.77. The number of halogens is 1. The summed E-state index contributed by atoms with van der Waals surface area (Å²) in [5.74, 6) is -1.21. The SMILES string of the molecule is CCNC(=O)CCCSSC(C)(C)CCC(=O)N(C)[C@@H](C)C(=O)O[C@H]1CC(=O)N(C)c2cc(cc(CO)c2Cl)C/C(C)=C/C=C/[C@@H](OC)[C@@]2(O)C[C@H](OC(=O)N2)[C@@H](C)[C@@H]2O[C@]12C. The Labute approximate surface area is 378 Å². The fraction of sp³-hybridized carbons (Fsp3) is 0.659. The molecule has 0 spiro atoms. The quantitative estimate of drug-likeness (QED) is 0.0708. The van der Waals surface area contributed by atoms with Crippen LogP contribution in [0.1, 0.15) is 98.1 Å². The Balaban J connectivity index is 1.58. The van der Waals surface area contributed by atoms with Gasteiger partial charge in [-0.05, 0) is 78.0 Å². The summed E-state index contributed by atoms with van der Waals surface area (Å²) in [6.45, 7) is 13.2. The number of carbonyl (C=O) groups excluding carboxylic acids is 5. The average molecular weight is 926 g/mol. The number of epoxide rings is 1. The molecule has 2 fully saturated rings. The van der Waals surface area contributed by atoms with Crippen LogP contribution >= 0.6 is 33.2 Å². The molecule has 0 unspecified atom stereocenters. The van der Waals surface area contributed by atoms with Gasteiger partial charge < -0.3 is 44.3 Å². The van der Waals surface area contributed by atoms with Gasteiger partial charge in [0, 0.05) is 63.4 Å². The van der Waals surface area contributed by atoms with Crippen LogP contribution in [0.5, 0.6) is 0 Å². The number of aliphatic hydroxyl groups is 2. The van der Waals surface area contributed by atoms with Crippen LogP contribution in [-0.2, 0) is 51.2 Å². The zero-order valence-corrected chi connectivity index (χ0v) is 40.0. The third kappa shape index (κ3) is 13.1. The topological polar surface area (TPSA) is 197 Å². The summed E-state index contributed by atoms with van der Waals surface area (Å²) >= 11 is 6.77. The number of nitrogens with zero attached hydrogens (tertiary/aromatic N) is 2. The Morgan fingerprint density at radius 1 is 1.23 bits per heavy atom. The van der Waals surface area contributed by atoms with Crippen LogP contribution in [0.3, 0.4) is 0 Å². The van der Waals surface area contributed by atoms with Crippen LogP contribution in [0, 0.1) is 5.92 Å². The first-order valence-electron chi connectivity index (χ1n) is 21.1. The minimum Gasteiger partial charge on any atom is -0.457 e. The Hall–Kier alpha value is -3.32. The maximum Gasteiger partial charge on any atom is 0.409 e. The van der Waals surface area contributed by atoms with Gasteiger partial charge in [-0.25, -0.2) is 9.59 Å². The molecule has 0 saturated carbocycles. The molecule has 2 saturated heterocycles. The van der Waals surface area contributed by atoms with E-state index in [0.717, 1.165) is 23.3 Å². The van der Waals surface area contributed by atoms with E-state index in [0.29, 0.717) is 37.1 Å². The predicted molar refractivity (Wildman–Crippen MR) is 242 cm³/mol. The van der Waals surface area contributed by atoms with E-state index in [-0.39, 0.29) is 47.5 Å². The van der Waals surface area contributed by atoms with Gasteiger partial charge in [0.05, 0.1) is 29.8 Å². The molecule has 62 heavy (non-hydrogen) atoms. The highest BCUT2D eigenvalue weighted by Gasteiger charge is 2.64. The third-order valence-corrected chi connectivity index (χ3v) is 15.7. The largest absolute Gasteiger partial charge is 0.457 e. The second-order valence-electron chi connectivity index (χ2n) is 17.2. The number of aliphatic hydroxyl groups excluding tert-OH is 1. The molecule has 1 aromatic rings. The van der Waals surface area contributed by atoms with Crippen LogP contribution in [0.4, 0.5) is 10.5 Å². The summed E-state index contributed by atoms with van der Waals surface area (Å²) in [6.07, 6.45) is 2.56. The molecule has 4 rings (SSSR count). The Bertz CT molecular complexity index is 1870. The van der Waals surface area contributed by atoms with Gasteiger partial charge in [0.25, 0.3) is 0 Å². The number of hydrogen-bond acceptors (Lipinski definition) is 13. The lowest BCUT2D eigenvalue weighted by molar-refractivity contribution is -0.162. The molecular weight excluding hydrogens is 860 g/mol. The maximum atomic E-state index is 14.3. The summed E-state index contributed by atoms with van der Waals surface area (Å²) in [7, 11) is 7.83. The van der Waals surface area contributed by atoms with Crippen molar-refractivity contribution in [3.05, 3.63) is 52.1 Å². The number of esters is 1. The lowest BCUT2D eigenvalue weighted by Gasteiger charge is -2.42. The number of carbonyl (C=O) groups is 5. The fourth-order valence-electron chi connectivity index (χ4n) is 7.68. The van der Waals surface area contributed by atoms with E-state index in [1.54, 1.807) is 73.7 Å². The monoisotopic (exact) mass is 924 g/mol. The highest BCUT2D eigenvalue weighted by Crippen LogP contribution is 2.49. The number of rotatable bonds is 15. The van der Waals surface area contributed by atoms with Gasteiger partial charge in [0.1, 0.15) is 30.0 Å². The first-order valence-corrected chi connectivity index (χ1v) is 23.8.